The number of likely N-dealkylation sites (tertiary alicyclic amines) is 1. The number of carboxylic acids is 1. The molecule has 1 aliphatic rings. The van der Waals surface area contributed by atoms with Gasteiger partial charge in [0.1, 0.15) is 6.04 Å². The standard InChI is InChI=1S/C14H18N2O5S/c1-10-5-7-11(8-6-10)22(20,21)15-14(19)16-9-3-2-4-12(16)13(17)18/h5-8,12H,2-4,9H2,1H3,(H,15,19)(H,17,18). The molecule has 2 N–H and O–H groups in total. The molecule has 1 aliphatic heterocycles. The van der Waals surface area contributed by atoms with Crippen LogP contribution in [0.1, 0.15) is 24.8 Å². The minimum absolute atomic E-state index is 0.0321. The summed E-state index contributed by atoms with van der Waals surface area (Å²) in [6, 6.07) is 4.17. The molecule has 1 heterocycles. The number of carbonyl (C=O) groups is 2. The van der Waals surface area contributed by atoms with Crippen molar-refractivity contribution in [3.05, 3.63) is 29.8 Å². The second-order valence-electron chi connectivity index (χ2n) is 5.27. The van der Waals surface area contributed by atoms with Crippen LogP contribution in [0.3, 0.4) is 0 Å². The number of carbonyl (C=O) groups excluding carboxylic acids is 1. The fourth-order valence-corrected chi connectivity index (χ4v) is 3.34. The summed E-state index contributed by atoms with van der Waals surface area (Å²) in [4.78, 5) is 24.3. The Kier molecular flexibility index (Phi) is 4.70. The van der Waals surface area contributed by atoms with Crippen molar-refractivity contribution in [3.8, 4) is 0 Å². The molecule has 8 heteroatoms. The Morgan fingerprint density at radius 3 is 2.45 bits per heavy atom. The van der Waals surface area contributed by atoms with Crippen molar-refractivity contribution >= 4 is 22.0 Å². The average molecular weight is 326 g/mol. The summed E-state index contributed by atoms with van der Waals surface area (Å²) in [5.74, 6) is -1.12. The van der Waals surface area contributed by atoms with E-state index in [9.17, 15) is 18.0 Å². The van der Waals surface area contributed by atoms with Crippen LogP contribution in [0, 0.1) is 6.92 Å². The Morgan fingerprint density at radius 2 is 1.86 bits per heavy atom. The number of carboxylic acid groups (broad SMARTS) is 1. The number of benzene rings is 1. The Labute approximate surface area is 129 Å². The van der Waals surface area contributed by atoms with E-state index in [1.54, 1.807) is 12.1 Å². The number of aliphatic carboxylic acids is 1. The van der Waals surface area contributed by atoms with Gasteiger partial charge in [-0.25, -0.2) is 22.7 Å². The lowest BCUT2D eigenvalue weighted by molar-refractivity contribution is -0.143. The molecule has 0 radical (unpaired) electrons. The van der Waals surface area contributed by atoms with Crippen LogP contribution in [0.5, 0.6) is 0 Å². The highest BCUT2D eigenvalue weighted by Gasteiger charge is 2.33. The smallest absolute Gasteiger partial charge is 0.332 e. The summed E-state index contributed by atoms with van der Waals surface area (Å²) < 4.78 is 26.3. The van der Waals surface area contributed by atoms with Crippen LogP contribution in [-0.2, 0) is 14.8 Å². The molecule has 1 atom stereocenters. The maximum atomic E-state index is 12.2. The molecule has 22 heavy (non-hydrogen) atoms. The lowest BCUT2D eigenvalue weighted by Crippen LogP contribution is -2.52. The summed E-state index contributed by atoms with van der Waals surface area (Å²) in [6.07, 6.45) is 1.68. The van der Waals surface area contributed by atoms with Gasteiger partial charge in [0, 0.05) is 6.54 Å². The fourth-order valence-electron chi connectivity index (χ4n) is 2.38. The van der Waals surface area contributed by atoms with Gasteiger partial charge in [-0.15, -0.1) is 0 Å². The zero-order chi connectivity index (χ0) is 16.3. The Bertz CT molecular complexity index is 669. The van der Waals surface area contributed by atoms with E-state index < -0.39 is 28.1 Å². The van der Waals surface area contributed by atoms with Gasteiger partial charge in [0.2, 0.25) is 0 Å². The lowest BCUT2D eigenvalue weighted by atomic mass is 10.0. The van der Waals surface area contributed by atoms with Crippen molar-refractivity contribution in [2.45, 2.75) is 37.1 Å². The molecule has 7 nitrogen and oxygen atoms in total. The maximum Gasteiger partial charge on any atom is 0.332 e. The first-order valence-electron chi connectivity index (χ1n) is 6.94. The number of aryl methyl sites for hydroxylation is 1. The SMILES string of the molecule is Cc1ccc(S(=O)(=O)NC(=O)N2CCCCC2C(=O)O)cc1. The Balaban J connectivity index is 2.16. The molecule has 1 fully saturated rings. The van der Waals surface area contributed by atoms with Gasteiger partial charge < -0.3 is 10.0 Å². The zero-order valence-corrected chi connectivity index (χ0v) is 13.0. The predicted octanol–water partition coefficient (Wildman–Crippen LogP) is 1.33. The molecular weight excluding hydrogens is 308 g/mol. The molecule has 2 rings (SSSR count). The van der Waals surface area contributed by atoms with Crippen LogP contribution in [0.2, 0.25) is 0 Å². The van der Waals surface area contributed by atoms with Gasteiger partial charge in [0.15, 0.2) is 0 Å². The fraction of sp³-hybridized carbons (Fsp3) is 0.429. The second kappa shape index (κ2) is 6.35. The van der Waals surface area contributed by atoms with E-state index in [0.717, 1.165) is 10.5 Å². The van der Waals surface area contributed by atoms with E-state index in [1.165, 1.54) is 12.1 Å². The van der Waals surface area contributed by atoms with E-state index >= 15 is 0 Å². The van der Waals surface area contributed by atoms with Crippen molar-refractivity contribution < 1.29 is 23.1 Å². The highest BCUT2D eigenvalue weighted by Crippen LogP contribution is 2.18. The molecule has 0 saturated carbocycles. The number of hydrogen-bond acceptors (Lipinski definition) is 4. The largest absolute Gasteiger partial charge is 0.480 e. The number of nitrogens with zero attached hydrogens (tertiary/aromatic N) is 1. The third-order valence-electron chi connectivity index (χ3n) is 3.60. The molecule has 0 aliphatic carbocycles. The Morgan fingerprint density at radius 1 is 1.23 bits per heavy atom. The van der Waals surface area contributed by atoms with Gasteiger partial charge in [-0.3, -0.25) is 0 Å². The first-order chi connectivity index (χ1) is 10.3. The molecule has 2 amide bonds. The molecule has 1 unspecified atom stereocenters. The van der Waals surface area contributed by atoms with Crippen molar-refractivity contribution in [1.29, 1.82) is 0 Å². The minimum Gasteiger partial charge on any atom is -0.480 e. The van der Waals surface area contributed by atoms with E-state index in [1.807, 2.05) is 11.6 Å². The minimum atomic E-state index is -4.01. The molecule has 1 saturated heterocycles. The van der Waals surface area contributed by atoms with Crippen LogP contribution < -0.4 is 4.72 Å². The molecule has 0 bridgehead atoms. The van der Waals surface area contributed by atoms with Gasteiger partial charge in [-0.05, 0) is 38.3 Å². The van der Waals surface area contributed by atoms with Crippen molar-refractivity contribution in [2.75, 3.05) is 6.54 Å². The Hall–Kier alpha value is -2.09. The number of urea groups is 1. The molecule has 0 spiro atoms. The maximum absolute atomic E-state index is 12.2. The molecule has 1 aromatic rings. The van der Waals surface area contributed by atoms with E-state index in [0.29, 0.717) is 19.3 Å². The number of nitrogens with one attached hydrogen (secondary N) is 1. The van der Waals surface area contributed by atoms with Crippen molar-refractivity contribution in [1.82, 2.24) is 9.62 Å². The number of sulfonamides is 1. The summed E-state index contributed by atoms with van der Waals surface area (Å²) in [5.41, 5.74) is 0.896. The van der Waals surface area contributed by atoms with E-state index in [2.05, 4.69) is 0 Å². The third-order valence-corrected chi connectivity index (χ3v) is 4.94. The van der Waals surface area contributed by atoms with Gasteiger partial charge in [0.25, 0.3) is 10.0 Å². The second-order valence-corrected chi connectivity index (χ2v) is 6.95. The van der Waals surface area contributed by atoms with Gasteiger partial charge in [0.05, 0.1) is 4.90 Å². The number of amides is 2. The van der Waals surface area contributed by atoms with Gasteiger partial charge in [-0.1, -0.05) is 17.7 Å². The normalized spacial score (nSPS) is 18.8. The monoisotopic (exact) mass is 326 g/mol. The highest BCUT2D eigenvalue weighted by molar-refractivity contribution is 7.90. The van der Waals surface area contributed by atoms with Crippen molar-refractivity contribution in [3.63, 3.8) is 0 Å². The first kappa shape index (κ1) is 16.3. The van der Waals surface area contributed by atoms with Gasteiger partial charge >= 0.3 is 12.0 Å². The average Bonchev–Trinajstić information content (AvgIpc) is 2.47. The first-order valence-corrected chi connectivity index (χ1v) is 8.42. The van der Waals surface area contributed by atoms with Gasteiger partial charge in [-0.2, -0.15) is 0 Å². The van der Waals surface area contributed by atoms with Crippen molar-refractivity contribution in [2.24, 2.45) is 0 Å². The quantitative estimate of drug-likeness (QED) is 0.872. The molecule has 1 aromatic carbocycles. The van der Waals surface area contributed by atoms with Crippen LogP contribution >= 0.6 is 0 Å². The summed E-state index contributed by atoms with van der Waals surface area (Å²) in [6.45, 7) is 2.05. The topological polar surface area (TPSA) is 104 Å². The summed E-state index contributed by atoms with van der Waals surface area (Å²) in [7, 11) is -4.01. The van der Waals surface area contributed by atoms with Crippen LogP contribution in [0.15, 0.2) is 29.2 Å². The summed E-state index contributed by atoms with van der Waals surface area (Å²) in [5, 5.41) is 9.13. The number of piperidine rings is 1. The van der Waals surface area contributed by atoms with E-state index in [-0.39, 0.29) is 11.4 Å². The van der Waals surface area contributed by atoms with Crippen LogP contribution in [0.25, 0.3) is 0 Å². The molecule has 0 aromatic heterocycles. The van der Waals surface area contributed by atoms with Crippen LogP contribution in [0.4, 0.5) is 4.79 Å². The number of rotatable bonds is 3. The highest BCUT2D eigenvalue weighted by atomic mass is 32.2. The summed E-state index contributed by atoms with van der Waals surface area (Å²) >= 11 is 0. The third kappa shape index (κ3) is 3.56. The van der Waals surface area contributed by atoms with Crippen LogP contribution in [-0.4, -0.2) is 43.0 Å². The zero-order valence-electron chi connectivity index (χ0n) is 12.2. The molecule has 120 valence electrons. The molecular formula is C14H18N2O5S. The number of hydrogen-bond donors (Lipinski definition) is 2. The predicted molar refractivity (Wildman–Crippen MR) is 78.9 cm³/mol. The lowest BCUT2D eigenvalue weighted by Gasteiger charge is -2.32. The van der Waals surface area contributed by atoms with E-state index in [4.69, 9.17) is 5.11 Å².